The van der Waals surface area contributed by atoms with E-state index < -0.39 is 0 Å². The van der Waals surface area contributed by atoms with Gasteiger partial charge in [0, 0.05) is 18.6 Å². The second kappa shape index (κ2) is 8.34. The molecule has 1 atom stereocenters. The van der Waals surface area contributed by atoms with E-state index >= 15 is 0 Å². The second-order valence-electron chi connectivity index (χ2n) is 7.87. The minimum Gasteiger partial charge on any atom is -0.370 e. The molecule has 1 aliphatic rings. The molecule has 5 N–H and O–H groups in total. The van der Waals surface area contributed by atoms with Gasteiger partial charge in [0.2, 0.25) is 5.91 Å². The molecule has 1 fully saturated rings. The van der Waals surface area contributed by atoms with Gasteiger partial charge in [0.15, 0.2) is 5.96 Å². The van der Waals surface area contributed by atoms with E-state index in [4.69, 9.17) is 11.5 Å². The van der Waals surface area contributed by atoms with Gasteiger partial charge in [-0.1, -0.05) is 24.3 Å². The maximum atomic E-state index is 11.4. The molecular weight excluding hydrogens is 314 g/mol. The third-order valence-corrected chi connectivity index (χ3v) is 4.24. The summed E-state index contributed by atoms with van der Waals surface area (Å²) in [5.41, 5.74) is 13.6. The average molecular weight is 345 g/mol. The van der Waals surface area contributed by atoms with Crippen LogP contribution in [0, 0.1) is 5.92 Å². The Kier molecular flexibility index (Phi) is 6.42. The van der Waals surface area contributed by atoms with Gasteiger partial charge in [0.05, 0.1) is 12.5 Å². The minimum absolute atomic E-state index is 0.0233. The number of primary amides is 1. The maximum Gasteiger partial charge on any atom is 0.221 e. The molecule has 2 rings (SSSR count). The quantitative estimate of drug-likeness (QED) is 0.558. The highest BCUT2D eigenvalue weighted by Gasteiger charge is 2.23. The summed E-state index contributed by atoms with van der Waals surface area (Å²) in [4.78, 5) is 18.1. The fourth-order valence-corrected chi connectivity index (χ4v) is 3.12. The highest BCUT2D eigenvalue weighted by atomic mass is 16.1. The number of amides is 1. The molecule has 1 aromatic carbocycles. The largest absolute Gasteiger partial charge is 0.370 e. The van der Waals surface area contributed by atoms with Gasteiger partial charge in [-0.25, -0.2) is 4.99 Å². The van der Waals surface area contributed by atoms with E-state index in [1.807, 2.05) is 26.8 Å². The number of carbonyl (C=O) groups is 1. The maximum absolute atomic E-state index is 11.4. The van der Waals surface area contributed by atoms with Crippen LogP contribution in [0.3, 0.4) is 0 Å². The number of guanidine groups is 1. The Hall–Kier alpha value is -2.08. The summed E-state index contributed by atoms with van der Waals surface area (Å²) < 4.78 is 0. The van der Waals surface area contributed by atoms with Crippen LogP contribution in [-0.2, 0) is 17.9 Å². The summed E-state index contributed by atoms with van der Waals surface area (Å²) >= 11 is 0. The van der Waals surface area contributed by atoms with Crippen LogP contribution in [0.15, 0.2) is 29.3 Å². The van der Waals surface area contributed by atoms with Gasteiger partial charge in [-0.2, -0.15) is 0 Å². The molecule has 0 aliphatic carbocycles. The number of hydrogen-bond donors (Lipinski definition) is 3. The SMILES string of the molecule is CC(C)(C)NC(N)=NCc1cccc(CN2CCCC(C(N)=O)C2)c1. The summed E-state index contributed by atoms with van der Waals surface area (Å²) in [7, 11) is 0. The highest BCUT2D eigenvalue weighted by molar-refractivity contribution is 5.78. The van der Waals surface area contributed by atoms with Crippen LogP contribution < -0.4 is 16.8 Å². The van der Waals surface area contributed by atoms with E-state index in [-0.39, 0.29) is 17.4 Å². The molecule has 6 heteroatoms. The molecular formula is C19H31N5O. The van der Waals surface area contributed by atoms with Gasteiger partial charge in [0.1, 0.15) is 0 Å². The number of nitrogens with one attached hydrogen (secondary N) is 1. The van der Waals surface area contributed by atoms with E-state index in [2.05, 4.69) is 33.4 Å². The standard InChI is InChI=1S/C19H31N5O/c1-19(2,3)23-18(21)22-11-14-6-4-7-15(10-14)12-24-9-5-8-16(13-24)17(20)25/h4,6-7,10,16H,5,8-9,11-13H2,1-3H3,(H2,20,25)(H3,21,22,23). The zero-order valence-electron chi connectivity index (χ0n) is 15.6. The van der Waals surface area contributed by atoms with Gasteiger partial charge in [-0.15, -0.1) is 0 Å². The zero-order chi connectivity index (χ0) is 18.4. The van der Waals surface area contributed by atoms with Crippen LogP contribution in [0.1, 0.15) is 44.7 Å². The fourth-order valence-electron chi connectivity index (χ4n) is 3.12. The van der Waals surface area contributed by atoms with Crippen molar-refractivity contribution >= 4 is 11.9 Å². The predicted octanol–water partition coefficient (Wildman–Crippen LogP) is 1.59. The van der Waals surface area contributed by atoms with E-state index in [0.29, 0.717) is 12.5 Å². The number of piperidine rings is 1. The molecule has 1 heterocycles. The second-order valence-corrected chi connectivity index (χ2v) is 7.87. The number of likely N-dealkylation sites (tertiary alicyclic amines) is 1. The molecule has 1 saturated heterocycles. The van der Waals surface area contributed by atoms with Crippen LogP contribution in [0.2, 0.25) is 0 Å². The number of rotatable bonds is 5. The Bertz CT molecular complexity index is 620. The molecule has 1 aliphatic heterocycles. The Morgan fingerprint density at radius 1 is 1.32 bits per heavy atom. The molecule has 138 valence electrons. The first-order chi connectivity index (χ1) is 11.7. The summed E-state index contributed by atoms with van der Waals surface area (Å²) in [6.45, 7) is 9.29. The molecule has 1 amide bonds. The molecule has 0 aromatic heterocycles. The fraction of sp³-hybridized carbons (Fsp3) is 0.579. The van der Waals surface area contributed by atoms with Crippen molar-refractivity contribution in [1.29, 1.82) is 0 Å². The van der Waals surface area contributed by atoms with Crippen molar-refractivity contribution in [3.63, 3.8) is 0 Å². The Morgan fingerprint density at radius 2 is 2.04 bits per heavy atom. The number of benzene rings is 1. The third-order valence-electron chi connectivity index (χ3n) is 4.24. The lowest BCUT2D eigenvalue weighted by molar-refractivity contribution is -0.123. The Morgan fingerprint density at radius 3 is 2.72 bits per heavy atom. The number of aliphatic imine (C=N–C) groups is 1. The predicted molar refractivity (Wildman–Crippen MR) is 102 cm³/mol. The third kappa shape index (κ3) is 6.74. The number of nitrogens with zero attached hydrogens (tertiary/aromatic N) is 2. The molecule has 1 unspecified atom stereocenters. The molecule has 0 saturated carbocycles. The van der Waals surface area contributed by atoms with Gasteiger partial charge in [-0.05, 0) is 51.3 Å². The lowest BCUT2D eigenvalue weighted by Crippen LogP contribution is -2.44. The summed E-state index contributed by atoms with van der Waals surface area (Å²) in [6, 6.07) is 8.36. The van der Waals surface area contributed by atoms with Crippen LogP contribution >= 0.6 is 0 Å². The lowest BCUT2D eigenvalue weighted by Gasteiger charge is -2.31. The van der Waals surface area contributed by atoms with Crippen LogP contribution in [0.4, 0.5) is 0 Å². The van der Waals surface area contributed by atoms with Gasteiger partial charge in [0.25, 0.3) is 0 Å². The van der Waals surface area contributed by atoms with Crippen molar-refractivity contribution in [3.05, 3.63) is 35.4 Å². The van der Waals surface area contributed by atoms with Crippen LogP contribution in [0.5, 0.6) is 0 Å². The number of hydrogen-bond acceptors (Lipinski definition) is 3. The van der Waals surface area contributed by atoms with Gasteiger partial charge < -0.3 is 16.8 Å². The zero-order valence-corrected chi connectivity index (χ0v) is 15.6. The Balaban J connectivity index is 1.94. The normalized spacial score (nSPS) is 19.6. The average Bonchev–Trinajstić information content (AvgIpc) is 2.52. The summed E-state index contributed by atoms with van der Waals surface area (Å²) in [5.74, 6) is 0.248. The van der Waals surface area contributed by atoms with Crippen molar-refractivity contribution in [3.8, 4) is 0 Å². The van der Waals surface area contributed by atoms with Gasteiger partial charge in [-0.3, -0.25) is 9.69 Å². The first kappa shape index (κ1) is 19.2. The first-order valence-electron chi connectivity index (χ1n) is 8.90. The topological polar surface area (TPSA) is 96.7 Å². The molecule has 6 nitrogen and oxygen atoms in total. The molecule has 25 heavy (non-hydrogen) atoms. The smallest absolute Gasteiger partial charge is 0.221 e. The molecule has 0 bridgehead atoms. The first-order valence-corrected chi connectivity index (χ1v) is 8.90. The van der Waals surface area contributed by atoms with Crippen molar-refractivity contribution in [2.75, 3.05) is 13.1 Å². The summed E-state index contributed by atoms with van der Waals surface area (Å²) in [5, 5.41) is 3.16. The van der Waals surface area contributed by atoms with Crippen molar-refractivity contribution < 1.29 is 4.79 Å². The van der Waals surface area contributed by atoms with E-state index in [9.17, 15) is 4.79 Å². The monoisotopic (exact) mass is 345 g/mol. The minimum atomic E-state index is -0.186. The van der Waals surface area contributed by atoms with Crippen LogP contribution in [-0.4, -0.2) is 35.4 Å². The summed E-state index contributed by atoms with van der Waals surface area (Å²) in [6.07, 6.45) is 1.92. The van der Waals surface area contributed by atoms with E-state index in [1.54, 1.807) is 0 Å². The van der Waals surface area contributed by atoms with Crippen molar-refractivity contribution in [1.82, 2.24) is 10.2 Å². The molecule has 0 spiro atoms. The number of carbonyl (C=O) groups excluding carboxylic acids is 1. The molecule has 0 radical (unpaired) electrons. The van der Waals surface area contributed by atoms with Gasteiger partial charge >= 0.3 is 0 Å². The van der Waals surface area contributed by atoms with Crippen molar-refractivity contribution in [2.24, 2.45) is 22.4 Å². The Labute approximate surface area is 150 Å². The van der Waals surface area contributed by atoms with Crippen LogP contribution in [0.25, 0.3) is 0 Å². The van der Waals surface area contributed by atoms with E-state index in [0.717, 1.165) is 38.0 Å². The van der Waals surface area contributed by atoms with Crippen molar-refractivity contribution in [2.45, 2.75) is 52.2 Å². The molecule has 1 aromatic rings. The van der Waals surface area contributed by atoms with E-state index in [1.165, 1.54) is 5.56 Å². The highest BCUT2D eigenvalue weighted by Crippen LogP contribution is 2.19. The number of nitrogens with two attached hydrogens (primary N) is 2. The lowest BCUT2D eigenvalue weighted by atomic mass is 9.97.